The molecule has 0 aliphatic rings. The van der Waals surface area contributed by atoms with E-state index in [0.29, 0.717) is 29.3 Å². The summed E-state index contributed by atoms with van der Waals surface area (Å²) in [4.78, 5) is 12.6. The number of aryl methyl sites for hydroxylation is 1. The molecule has 3 rings (SSSR count). The maximum absolute atomic E-state index is 12.5. The van der Waals surface area contributed by atoms with Crippen molar-refractivity contribution in [1.29, 1.82) is 0 Å². The average molecular weight is 410 g/mol. The number of amides is 1. The molecule has 0 unspecified atom stereocenters. The number of benzene rings is 3. The zero-order chi connectivity index (χ0) is 20.9. The smallest absolute Gasteiger partial charge is 0.261 e. The third-order valence-corrected chi connectivity index (χ3v) is 5.53. The third-order valence-electron chi connectivity index (χ3n) is 4.13. The monoisotopic (exact) mass is 410 g/mol. The van der Waals surface area contributed by atoms with E-state index < -0.39 is 10.0 Å². The lowest BCUT2D eigenvalue weighted by atomic mass is 10.2. The molecule has 0 heterocycles. The van der Waals surface area contributed by atoms with Crippen LogP contribution in [0.3, 0.4) is 0 Å². The molecule has 0 spiro atoms. The van der Waals surface area contributed by atoms with Gasteiger partial charge in [0.05, 0.1) is 11.5 Å². The summed E-state index contributed by atoms with van der Waals surface area (Å²) in [5.41, 5.74) is 2.38. The van der Waals surface area contributed by atoms with Crippen LogP contribution in [0.4, 0.5) is 11.4 Å². The van der Waals surface area contributed by atoms with Crippen molar-refractivity contribution in [3.63, 3.8) is 0 Å². The van der Waals surface area contributed by atoms with Crippen LogP contribution >= 0.6 is 0 Å². The lowest BCUT2D eigenvalue weighted by Gasteiger charge is -2.10. The fourth-order valence-corrected chi connectivity index (χ4v) is 3.71. The molecule has 29 heavy (non-hydrogen) atoms. The van der Waals surface area contributed by atoms with Gasteiger partial charge in [-0.25, -0.2) is 8.42 Å². The van der Waals surface area contributed by atoms with Crippen molar-refractivity contribution in [3.8, 4) is 5.75 Å². The van der Waals surface area contributed by atoms with E-state index in [1.54, 1.807) is 66.7 Å². The summed E-state index contributed by atoms with van der Waals surface area (Å²) in [7, 11) is -3.69. The zero-order valence-corrected chi connectivity index (χ0v) is 17.0. The van der Waals surface area contributed by atoms with E-state index in [2.05, 4.69) is 10.0 Å². The van der Waals surface area contributed by atoms with E-state index in [0.717, 1.165) is 5.56 Å². The van der Waals surface area contributed by atoms with Crippen molar-refractivity contribution in [1.82, 2.24) is 0 Å². The molecule has 0 saturated heterocycles. The van der Waals surface area contributed by atoms with Gasteiger partial charge in [0.2, 0.25) is 0 Å². The van der Waals surface area contributed by atoms with Gasteiger partial charge in [-0.2, -0.15) is 0 Å². The number of hydrogen-bond donors (Lipinski definition) is 2. The predicted octanol–water partition coefficient (Wildman–Crippen LogP) is 4.45. The molecule has 0 aliphatic heterocycles. The first-order valence-corrected chi connectivity index (χ1v) is 10.6. The zero-order valence-electron chi connectivity index (χ0n) is 16.2. The molecule has 0 aromatic heterocycles. The van der Waals surface area contributed by atoms with Gasteiger partial charge >= 0.3 is 0 Å². The molecule has 3 aromatic carbocycles. The summed E-state index contributed by atoms with van der Waals surface area (Å²) in [5, 5.41) is 2.80. The van der Waals surface area contributed by atoms with Gasteiger partial charge in [0.25, 0.3) is 15.9 Å². The SMILES string of the molecule is CCOc1cccc(NC(=O)c2ccc(NS(=O)(=O)c3ccc(C)cc3)cc2)c1. The molecule has 0 fully saturated rings. The van der Waals surface area contributed by atoms with E-state index in [4.69, 9.17) is 4.74 Å². The molecular formula is C22H22N2O4S. The lowest BCUT2D eigenvalue weighted by molar-refractivity contribution is 0.102. The number of sulfonamides is 1. The summed E-state index contributed by atoms with van der Waals surface area (Å²) in [6.45, 7) is 4.32. The number of carbonyl (C=O) groups is 1. The molecule has 7 heteroatoms. The first kappa shape index (κ1) is 20.4. The first-order chi connectivity index (χ1) is 13.9. The molecule has 0 aliphatic carbocycles. The summed E-state index contributed by atoms with van der Waals surface area (Å²) < 4.78 is 32.8. The van der Waals surface area contributed by atoms with Gasteiger partial charge in [0.1, 0.15) is 5.75 Å². The molecule has 0 atom stereocenters. The van der Waals surface area contributed by atoms with Crippen LogP contribution in [-0.2, 0) is 10.0 Å². The largest absolute Gasteiger partial charge is 0.494 e. The van der Waals surface area contributed by atoms with Crippen molar-refractivity contribution in [2.45, 2.75) is 18.7 Å². The van der Waals surface area contributed by atoms with Gasteiger partial charge < -0.3 is 10.1 Å². The van der Waals surface area contributed by atoms with Gasteiger partial charge in [0, 0.05) is 23.0 Å². The van der Waals surface area contributed by atoms with E-state index in [1.165, 1.54) is 0 Å². The molecule has 0 radical (unpaired) electrons. The van der Waals surface area contributed by atoms with Crippen LogP contribution in [0, 0.1) is 6.92 Å². The van der Waals surface area contributed by atoms with Crippen LogP contribution in [0.2, 0.25) is 0 Å². The van der Waals surface area contributed by atoms with Gasteiger partial charge in [-0.1, -0.05) is 23.8 Å². The molecule has 0 saturated carbocycles. The highest BCUT2D eigenvalue weighted by Crippen LogP contribution is 2.20. The minimum atomic E-state index is -3.69. The molecule has 1 amide bonds. The second kappa shape index (κ2) is 8.79. The van der Waals surface area contributed by atoms with Crippen molar-refractivity contribution in [2.75, 3.05) is 16.6 Å². The van der Waals surface area contributed by atoms with Gasteiger partial charge in [-0.05, 0) is 62.4 Å². The molecule has 3 aromatic rings. The van der Waals surface area contributed by atoms with Crippen LogP contribution in [-0.4, -0.2) is 20.9 Å². The maximum atomic E-state index is 12.5. The van der Waals surface area contributed by atoms with Crippen molar-refractivity contribution >= 4 is 27.3 Å². The Morgan fingerprint density at radius 3 is 2.28 bits per heavy atom. The first-order valence-electron chi connectivity index (χ1n) is 9.11. The van der Waals surface area contributed by atoms with E-state index >= 15 is 0 Å². The Morgan fingerprint density at radius 2 is 1.62 bits per heavy atom. The second-order valence-electron chi connectivity index (χ2n) is 6.41. The normalized spacial score (nSPS) is 11.0. The number of rotatable bonds is 7. The van der Waals surface area contributed by atoms with Gasteiger partial charge in [0.15, 0.2) is 0 Å². The van der Waals surface area contributed by atoms with Crippen LogP contribution in [0.25, 0.3) is 0 Å². The summed E-state index contributed by atoms with van der Waals surface area (Å²) >= 11 is 0. The van der Waals surface area contributed by atoms with Crippen LogP contribution < -0.4 is 14.8 Å². The fraction of sp³-hybridized carbons (Fsp3) is 0.136. The van der Waals surface area contributed by atoms with Gasteiger partial charge in [-0.15, -0.1) is 0 Å². The number of carbonyl (C=O) groups excluding carboxylic acids is 1. The standard InChI is InChI=1S/C22H22N2O4S/c1-3-28-20-6-4-5-19(15-20)23-22(25)17-9-11-18(12-10-17)24-29(26,27)21-13-7-16(2)8-14-21/h4-15,24H,3H2,1-2H3,(H,23,25). The highest BCUT2D eigenvalue weighted by atomic mass is 32.2. The third kappa shape index (κ3) is 5.36. The molecular weight excluding hydrogens is 388 g/mol. The summed E-state index contributed by atoms with van der Waals surface area (Å²) in [5.74, 6) is 0.373. The number of ether oxygens (including phenoxy) is 1. The Labute approximate surface area is 170 Å². The maximum Gasteiger partial charge on any atom is 0.261 e. The summed E-state index contributed by atoms with van der Waals surface area (Å²) in [6.07, 6.45) is 0. The van der Waals surface area contributed by atoms with Crippen LogP contribution in [0.15, 0.2) is 77.7 Å². The predicted molar refractivity (Wildman–Crippen MR) is 114 cm³/mol. The number of anilines is 2. The van der Waals surface area contributed by atoms with E-state index in [9.17, 15) is 13.2 Å². The molecule has 2 N–H and O–H groups in total. The highest BCUT2D eigenvalue weighted by molar-refractivity contribution is 7.92. The van der Waals surface area contributed by atoms with Crippen molar-refractivity contribution in [2.24, 2.45) is 0 Å². The van der Waals surface area contributed by atoms with Crippen molar-refractivity contribution < 1.29 is 17.9 Å². The van der Waals surface area contributed by atoms with Gasteiger partial charge in [-0.3, -0.25) is 9.52 Å². The number of nitrogens with one attached hydrogen (secondary N) is 2. The van der Waals surface area contributed by atoms with Crippen molar-refractivity contribution in [3.05, 3.63) is 83.9 Å². The Bertz CT molecular complexity index is 1090. The number of hydrogen-bond acceptors (Lipinski definition) is 4. The van der Waals surface area contributed by atoms with Crippen LogP contribution in [0.5, 0.6) is 5.75 Å². The quantitative estimate of drug-likeness (QED) is 0.603. The Morgan fingerprint density at radius 1 is 0.931 bits per heavy atom. The fourth-order valence-electron chi connectivity index (χ4n) is 2.65. The molecule has 150 valence electrons. The average Bonchev–Trinajstić information content (AvgIpc) is 2.69. The second-order valence-corrected chi connectivity index (χ2v) is 8.09. The Kier molecular flexibility index (Phi) is 6.19. The van der Waals surface area contributed by atoms with Crippen LogP contribution in [0.1, 0.15) is 22.8 Å². The highest BCUT2D eigenvalue weighted by Gasteiger charge is 2.14. The summed E-state index contributed by atoms with van der Waals surface area (Å²) in [6, 6.07) is 19.9. The Balaban J connectivity index is 1.68. The topological polar surface area (TPSA) is 84.5 Å². The minimum Gasteiger partial charge on any atom is -0.494 e. The van der Waals surface area contributed by atoms with E-state index in [1.807, 2.05) is 19.9 Å². The Hall–Kier alpha value is -3.32. The lowest BCUT2D eigenvalue weighted by Crippen LogP contribution is -2.14. The molecule has 0 bridgehead atoms. The van der Waals surface area contributed by atoms with E-state index in [-0.39, 0.29) is 10.8 Å². The molecule has 6 nitrogen and oxygen atoms in total. The minimum absolute atomic E-state index is 0.180.